The van der Waals surface area contributed by atoms with Crippen molar-refractivity contribution in [1.82, 2.24) is 9.97 Å². The SMILES string of the molecule is Cc1ccc(Nc2nccc(C(=O)Nc3ccccc3C)n2)cc1Br. The Morgan fingerprint density at radius 3 is 2.60 bits per heavy atom. The highest BCUT2D eigenvalue weighted by Crippen LogP contribution is 2.22. The molecular weight excluding hydrogens is 380 g/mol. The Labute approximate surface area is 154 Å². The average molecular weight is 397 g/mol. The number of halogens is 1. The van der Waals surface area contributed by atoms with Gasteiger partial charge in [0.2, 0.25) is 5.95 Å². The van der Waals surface area contributed by atoms with E-state index in [1.807, 2.05) is 56.3 Å². The van der Waals surface area contributed by atoms with E-state index in [1.54, 1.807) is 12.3 Å². The molecule has 1 amide bonds. The molecule has 0 fully saturated rings. The van der Waals surface area contributed by atoms with E-state index in [0.717, 1.165) is 27.0 Å². The van der Waals surface area contributed by atoms with Gasteiger partial charge in [-0.15, -0.1) is 0 Å². The number of carbonyl (C=O) groups excluding carboxylic acids is 1. The van der Waals surface area contributed by atoms with Crippen LogP contribution in [0.5, 0.6) is 0 Å². The van der Waals surface area contributed by atoms with Crippen LogP contribution < -0.4 is 10.6 Å². The molecule has 0 spiro atoms. The first kappa shape index (κ1) is 17.1. The monoisotopic (exact) mass is 396 g/mol. The van der Waals surface area contributed by atoms with Crippen LogP contribution in [0.25, 0.3) is 0 Å². The highest BCUT2D eigenvalue weighted by molar-refractivity contribution is 9.10. The molecule has 0 radical (unpaired) electrons. The summed E-state index contributed by atoms with van der Waals surface area (Å²) in [5.41, 5.74) is 4.04. The summed E-state index contributed by atoms with van der Waals surface area (Å²) in [5.74, 6) is 0.0954. The maximum Gasteiger partial charge on any atom is 0.274 e. The fourth-order valence-corrected chi connectivity index (χ4v) is 2.62. The molecule has 1 heterocycles. The smallest absolute Gasteiger partial charge is 0.274 e. The van der Waals surface area contributed by atoms with Crippen LogP contribution in [0, 0.1) is 13.8 Å². The molecule has 1 aromatic heterocycles. The maximum absolute atomic E-state index is 12.4. The van der Waals surface area contributed by atoms with Crippen molar-refractivity contribution >= 4 is 39.2 Å². The van der Waals surface area contributed by atoms with Crippen molar-refractivity contribution < 1.29 is 4.79 Å². The lowest BCUT2D eigenvalue weighted by Gasteiger charge is -2.09. The van der Waals surface area contributed by atoms with E-state index < -0.39 is 0 Å². The summed E-state index contributed by atoms with van der Waals surface area (Å²) >= 11 is 3.50. The van der Waals surface area contributed by atoms with Crippen molar-refractivity contribution in [2.45, 2.75) is 13.8 Å². The van der Waals surface area contributed by atoms with Crippen LogP contribution in [0.4, 0.5) is 17.3 Å². The van der Waals surface area contributed by atoms with Crippen molar-refractivity contribution in [3.8, 4) is 0 Å². The summed E-state index contributed by atoms with van der Waals surface area (Å²) in [5, 5.41) is 5.98. The molecule has 3 aromatic rings. The lowest BCUT2D eigenvalue weighted by Crippen LogP contribution is -2.15. The number of hydrogen-bond donors (Lipinski definition) is 2. The Hall–Kier alpha value is -2.73. The number of anilines is 3. The predicted octanol–water partition coefficient (Wildman–Crippen LogP) is 4.85. The molecule has 0 aliphatic heterocycles. The summed E-state index contributed by atoms with van der Waals surface area (Å²) in [6.07, 6.45) is 1.56. The van der Waals surface area contributed by atoms with Crippen LogP contribution in [-0.4, -0.2) is 15.9 Å². The summed E-state index contributed by atoms with van der Waals surface area (Å²) in [6.45, 7) is 3.96. The van der Waals surface area contributed by atoms with Crippen molar-refractivity contribution in [3.05, 3.63) is 76.0 Å². The first-order chi connectivity index (χ1) is 12.0. The Bertz CT molecular complexity index is 927. The van der Waals surface area contributed by atoms with E-state index in [-0.39, 0.29) is 5.91 Å². The largest absolute Gasteiger partial charge is 0.324 e. The van der Waals surface area contributed by atoms with Gasteiger partial charge in [0, 0.05) is 22.0 Å². The topological polar surface area (TPSA) is 66.9 Å². The molecule has 0 atom stereocenters. The third-order valence-electron chi connectivity index (χ3n) is 3.71. The molecule has 2 N–H and O–H groups in total. The van der Waals surface area contributed by atoms with Gasteiger partial charge in [0.25, 0.3) is 5.91 Å². The molecule has 126 valence electrons. The fraction of sp³-hybridized carbons (Fsp3) is 0.105. The van der Waals surface area contributed by atoms with E-state index in [4.69, 9.17) is 0 Å². The second-order valence-electron chi connectivity index (χ2n) is 5.62. The summed E-state index contributed by atoms with van der Waals surface area (Å²) < 4.78 is 0.992. The number of rotatable bonds is 4. The number of aromatic nitrogens is 2. The van der Waals surface area contributed by atoms with Crippen LogP contribution in [0.3, 0.4) is 0 Å². The van der Waals surface area contributed by atoms with Crippen LogP contribution in [0.15, 0.2) is 59.2 Å². The van der Waals surface area contributed by atoms with Gasteiger partial charge >= 0.3 is 0 Å². The molecule has 0 aliphatic carbocycles. The fourth-order valence-electron chi connectivity index (χ4n) is 2.24. The lowest BCUT2D eigenvalue weighted by molar-refractivity contribution is 0.102. The molecule has 0 bridgehead atoms. The van der Waals surface area contributed by atoms with E-state index in [2.05, 4.69) is 36.5 Å². The quantitative estimate of drug-likeness (QED) is 0.661. The molecule has 5 nitrogen and oxygen atoms in total. The van der Waals surface area contributed by atoms with Gasteiger partial charge in [-0.25, -0.2) is 9.97 Å². The van der Waals surface area contributed by atoms with Crippen molar-refractivity contribution in [1.29, 1.82) is 0 Å². The molecule has 0 unspecified atom stereocenters. The van der Waals surface area contributed by atoms with E-state index in [0.29, 0.717) is 11.6 Å². The lowest BCUT2D eigenvalue weighted by atomic mass is 10.2. The number of carbonyl (C=O) groups is 1. The number of benzene rings is 2. The van der Waals surface area contributed by atoms with E-state index in [9.17, 15) is 4.79 Å². The zero-order valence-corrected chi connectivity index (χ0v) is 15.5. The Balaban J connectivity index is 1.77. The minimum absolute atomic E-state index is 0.273. The van der Waals surface area contributed by atoms with Crippen molar-refractivity contribution in [3.63, 3.8) is 0 Å². The second kappa shape index (κ2) is 7.44. The molecule has 0 aliphatic rings. The number of nitrogens with one attached hydrogen (secondary N) is 2. The van der Waals surface area contributed by atoms with Crippen LogP contribution in [0.2, 0.25) is 0 Å². The minimum atomic E-state index is -0.273. The summed E-state index contributed by atoms with van der Waals surface area (Å²) in [4.78, 5) is 20.9. The highest BCUT2D eigenvalue weighted by atomic mass is 79.9. The first-order valence-electron chi connectivity index (χ1n) is 7.76. The third kappa shape index (κ3) is 4.22. The van der Waals surface area contributed by atoms with Crippen LogP contribution in [-0.2, 0) is 0 Å². The molecule has 0 saturated carbocycles. The second-order valence-corrected chi connectivity index (χ2v) is 6.48. The van der Waals surface area contributed by atoms with Gasteiger partial charge < -0.3 is 10.6 Å². The van der Waals surface area contributed by atoms with E-state index in [1.165, 1.54) is 0 Å². The third-order valence-corrected chi connectivity index (χ3v) is 4.56. The Kier molecular flexibility index (Phi) is 5.09. The van der Waals surface area contributed by atoms with Crippen LogP contribution in [0.1, 0.15) is 21.6 Å². The molecule has 0 saturated heterocycles. The van der Waals surface area contributed by atoms with Gasteiger partial charge in [0.1, 0.15) is 5.69 Å². The zero-order chi connectivity index (χ0) is 17.8. The number of amides is 1. The minimum Gasteiger partial charge on any atom is -0.324 e. The number of aryl methyl sites for hydroxylation is 2. The summed E-state index contributed by atoms with van der Waals surface area (Å²) in [7, 11) is 0. The normalized spacial score (nSPS) is 10.4. The standard InChI is InChI=1S/C19H17BrN4O/c1-12-7-8-14(11-15(12)20)22-19-21-10-9-17(24-19)18(25)23-16-6-4-3-5-13(16)2/h3-11H,1-2H3,(H,23,25)(H,21,22,24). The van der Waals surface area contributed by atoms with Gasteiger partial charge in [-0.1, -0.05) is 40.2 Å². The molecular formula is C19H17BrN4O. The molecule has 6 heteroatoms. The van der Waals surface area contributed by atoms with Gasteiger partial charge in [-0.05, 0) is 49.2 Å². The predicted molar refractivity (Wildman–Crippen MR) is 103 cm³/mol. The van der Waals surface area contributed by atoms with Crippen molar-refractivity contribution in [2.24, 2.45) is 0 Å². The molecule has 2 aromatic carbocycles. The molecule has 3 rings (SSSR count). The first-order valence-corrected chi connectivity index (χ1v) is 8.55. The number of hydrogen-bond acceptors (Lipinski definition) is 4. The number of para-hydroxylation sites is 1. The maximum atomic E-state index is 12.4. The van der Waals surface area contributed by atoms with Gasteiger partial charge in [0.05, 0.1) is 0 Å². The van der Waals surface area contributed by atoms with Gasteiger partial charge in [-0.2, -0.15) is 0 Å². The Morgan fingerprint density at radius 2 is 1.84 bits per heavy atom. The molecule has 25 heavy (non-hydrogen) atoms. The van der Waals surface area contributed by atoms with Gasteiger partial charge in [0.15, 0.2) is 0 Å². The van der Waals surface area contributed by atoms with E-state index >= 15 is 0 Å². The van der Waals surface area contributed by atoms with Gasteiger partial charge in [-0.3, -0.25) is 4.79 Å². The average Bonchev–Trinajstić information content (AvgIpc) is 2.60. The number of nitrogens with zero attached hydrogens (tertiary/aromatic N) is 2. The zero-order valence-electron chi connectivity index (χ0n) is 13.9. The highest BCUT2D eigenvalue weighted by Gasteiger charge is 2.10. The Morgan fingerprint density at radius 1 is 1.04 bits per heavy atom. The summed E-state index contributed by atoms with van der Waals surface area (Å²) in [6, 6.07) is 15.1. The van der Waals surface area contributed by atoms with Crippen LogP contribution >= 0.6 is 15.9 Å². The van der Waals surface area contributed by atoms with Crippen molar-refractivity contribution in [2.75, 3.05) is 10.6 Å².